The summed E-state index contributed by atoms with van der Waals surface area (Å²) in [6.45, 7) is 4.03. The molecular formula is C21H24F2N2O. The highest BCUT2D eigenvalue weighted by Gasteiger charge is 2.26. The lowest BCUT2D eigenvalue weighted by molar-refractivity contribution is -0.127. The number of hydrogen-bond donors (Lipinski definition) is 1. The maximum Gasteiger partial charge on any atom is 0.223 e. The van der Waals surface area contributed by atoms with Crippen LogP contribution in [0.5, 0.6) is 0 Å². The Hall–Kier alpha value is -2.27. The molecule has 3 nitrogen and oxygen atoms in total. The van der Waals surface area contributed by atoms with Crippen molar-refractivity contribution in [1.82, 2.24) is 10.2 Å². The maximum atomic E-state index is 13.8. The van der Waals surface area contributed by atoms with E-state index < -0.39 is 0 Å². The van der Waals surface area contributed by atoms with Crippen molar-refractivity contribution in [1.29, 1.82) is 0 Å². The Bertz CT molecular complexity index is 740. The molecule has 1 heterocycles. The van der Waals surface area contributed by atoms with E-state index in [0.29, 0.717) is 12.1 Å². The summed E-state index contributed by atoms with van der Waals surface area (Å²) < 4.78 is 26.8. The number of rotatable bonds is 5. The molecule has 0 aliphatic carbocycles. The number of hydrogen-bond acceptors (Lipinski definition) is 2. The number of nitrogens with zero attached hydrogens (tertiary/aromatic N) is 1. The van der Waals surface area contributed by atoms with Crippen LogP contribution < -0.4 is 5.32 Å². The molecule has 138 valence electrons. The van der Waals surface area contributed by atoms with Crippen LogP contribution in [0.25, 0.3) is 0 Å². The Labute approximate surface area is 153 Å². The Balaban J connectivity index is 1.49. The largest absolute Gasteiger partial charge is 0.349 e. The van der Waals surface area contributed by atoms with E-state index in [1.807, 2.05) is 13.0 Å². The molecule has 2 aromatic rings. The standard InChI is InChI=1S/C21H24F2N2O/c1-15(16-6-8-19(22)9-7-16)24-21(26)17-10-12-25(13-11-17)14-18-4-2-3-5-20(18)23/h2-9,15,17H,10-14H2,1H3,(H,24,26)/t15-/m0/s1. The third-order valence-electron chi connectivity index (χ3n) is 5.04. The molecule has 0 unspecified atom stereocenters. The molecule has 0 spiro atoms. The van der Waals surface area contributed by atoms with Crippen molar-refractivity contribution in [2.75, 3.05) is 13.1 Å². The first-order valence-corrected chi connectivity index (χ1v) is 9.04. The normalized spacial score (nSPS) is 17.0. The monoisotopic (exact) mass is 358 g/mol. The van der Waals surface area contributed by atoms with Crippen LogP contribution in [0.4, 0.5) is 8.78 Å². The van der Waals surface area contributed by atoms with Gasteiger partial charge in [-0.2, -0.15) is 0 Å². The van der Waals surface area contributed by atoms with Crippen LogP contribution in [0, 0.1) is 17.6 Å². The van der Waals surface area contributed by atoms with Crippen molar-refractivity contribution in [3.05, 3.63) is 71.3 Å². The van der Waals surface area contributed by atoms with Crippen molar-refractivity contribution >= 4 is 5.91 Å². The number of halogens is 2. The van der Waals surface area contributed by atoms with Gasteiger partial charge in [-0.25, -0.2) is 8.78 Å². The second-order valence-electron chi connectivity index (χ2n) is 6.92. The van der Waals surface area contributed by atoms with Gasteiger partial charge in [0, 0.05) is 18.0 Å². The topological polar surface area (TPSA) is 32.3 Å². The van der Waals surface area contributed by atoms with Gasteiger partial charge in [0.2, 0.25) is 5.91 Å². The smallest absolute Gasteiger partial charge is 0.223 e. The van der Waals surface area contributed by atoms with Gasteiger partial charge in [0.05, 0.1) is 6.04 Å². The zero-order chi connectivity index (χ0) is 18.5. The van der Waals surface area contributed by atoms with Gasteiger partial charge >= 0.3 is 0 Å². The van der Waals surface area contributed by atoms with Crippen LogP contribution in [0.2, 0.25) is 0 Å². The van der Waals surface area contributed by atoms with E-state index in [1.165, 1.54) is 18.2 Å². The van der Waals surface area contributed by atoms with Crippen molar-refractivity contribution in [3.63, 3.8) is 0 Å². The molecule has 1 aliphatic heterocycles. The third kappa shape index (κ3) is 4.67. The first kappa shape index (κ1) is 18.5. The van der Waals surface area contributed by atoms with Crippen LogP contribution in [-0.2, 0) is 11.3 Å². The number of carbonyl (C=O) groups excluding carboxylic acids is 1. The highest BCUT2D eigenvalue weighted by molar-refractivity contribution is 5.79. The first-order valence-electron chi connectivity index (χ1n) is 9.04. The van der Waals surface area contributed by atoms with E-state index >= 15 is 0 Å². The summed E-state index contributed by atoms with van der Waals surface area (Å²) in [6, 6.07) is 12.9. The number of nitrogens with one attached hydrogen (secondary N) is 1. The lowest BCUT2D eigenvalue weighted by Crippen LogP contribution is -2.41. The van der Waals surface area contributed by atoms with Gasteiger partial charge in [0.15, 0.2) is 0 Å². The van der Waals surface area contributed by atoms with E-state index in [-0.39, 0.29) is 29.5 Å². The maximum absolute atomic E-state index is 13.8. The van der Waals surface area contributed by atoms with Gasteiger partial charge in [0.1, 0.15) is 11.6 Å². The fourth-order valence-corrected chi connectivity index (χ4v) is 3.39. The van der Waals surface area contributed by atoms with Crippen molar-refractivity contribution in [2.45, 2.75) is 32.4 Å². The summed E-state index contributed by atoms with van der Waals surface area (Å²) in [5.74, 6) is -0.461. The van der Waals surface area contributed by atoms with E-state index in [9.17, 15) is 13.6 Å². The number of benzene rings is 2. The van der Waals surface area contributed by atoms with Crippen molar-refractivity contribution in [3.8, 4) is 0 Å². The van der Waals surface area contributed by atoms with Gasteiger partial charge in [-0.05, 0) is 56.6 Å². The van der Waals surface area contributed by atoms with Gasteiger partial charge < -0.3 is 5.32 Å². The summed E-state index contributed by atoms with van der Waals surface area (Å²) in [5, 5.41) is 3.02. The van der Waals surface area contributed by atoms with Gasteiger partial charge in [-0.15, -0.1) is 0 Å². The van der Waals surface area contributed by atoms with Crippen molar-refractivity contribution in [2.24, 2.45) is 5.92 Å². The fraction of sp³-hybridized carbons (Fsp3) is 0.381. The molecule has 1 saturated heterocycles. The second kappa shape index (κ2) is 8.41. The predicted octanol–water partition coefficient (Wildman–Crippen LogP) is 4.05. The van der Waals surface area contributed by atoms with Gasteiger partial charge in [-0.1, -0.05) is 30.3 Å². The van der Waals surface area contributed by atoms with Crippen LogP contribution in [-0.4, -0.2) is 23.9 Å². The minimum atomic E-state index is -0.283. The molecule has 0 bridgehead atoms. The van der Waals surface area contributed by atoms with E-state index in [1.54, 1.807) is 24.3 Å². The molecular weight excluding hydrogens is 334 g/mol. The van der Waals surface area contributed by atoms with Crippen LogP contribution >= 0.6 is 0 Å². The lowest BCUT2D eigenvalue weighted by Gasteiger charge is -2.32. The molecule has 3 rings (SSSR count). The molecule has 1 amide bonds. The fourth-order valence-electron chi connectivity index (χ4n) is 3.39. The van der Waals surface area contributed by atoms with Gasteiger partial charge in [-0.3, -0.25) is 9.69 Å². The summed E-state index contributed by atoms with van der Waals surface area (Å²) >= 11 is 0. The number of carbonyl (C=O) groups is 1. The highest BCUT2D eigenvalue weighted by Crippen LogP contribution is 2.22. The molecule has 1 fully saturated rings. The molecule has 1 N–H and O–H groups in total. The number of amides is 1. The molecule has 26 heavy (non-hydrogen) atoms. The zero-order valence-electron chi connectivity index (χ0n) is 14.9. The van der Waals surface area contributed by atoms with Crippen LogP contribution in [0.1, 0.15) is 36.9 Å². The molecule has 2 aromatic carbocycles. The van der Waals surface area contributed by atoms with Crippen LogP contribution in [0.15, 0.2) is 48.5 Å². The average molecular weight is 358 g/mol. The zero-order valence-corrected chi connectivity index (χ0v) is 14.9. The molecule has 5 heteroatoms. The van der Waals surface area contributed by atoms with E-state index in [2.05, 4.69) is 10.2 Å². The molecule has 0 saturated carbocycles. The van der Waals surface area contributed by atoms with Gasteiger partial charge in [0.25, 0.3) is 0 Å². The Morgan fingerprint density at radius 3 is 2.42 bits per heavy atom. The second-order valence-corrected chi connectivity index (χ2v) is 6.92. The van der Waals surface area contributed by atoms with Crippen LogP contribution in [0.3, 0.4) is 0 Å². The molecule has 0 aromatic heterocycles. The lowest BCUT2D eigenvalue weighted by atomic mass is 9.95. The Kier molecular flexibility index (Phi) is 5.99. The molecule has 1 atom stereocenters. The molecule has 1 aliphatic rings. The van der Waals surface area contributed by atoms with Crippen molar-refractivity contribution < 1.29 is 13.6 Å². The Morgan fingerprint density at radius 2 is 1.77 bits per heavy atom. The summed E-state index contributed by atoms with van der Waals surface area (Å²) in [7, 11) is 0. The number of likely N-dealkylation sites (tertiary alicyclic amines) is 1. The average Bonchev–Trinajstić information content (AvgIpc) is 2.64. The quantitative estimate of drug-likeness (QED) is 0.874. The van der Waals surface area contributed by atoms with E-state index in [0.717, 1.165) is 31.5 Å². The van der Waals surface area contributed by atoms with E-state index in [4.69, 9.17) is 0 Å². The highest BCUT2D eigenvalue weighted by atomic mass is 19.1. The first-order chi connectivity index (χ1) is 12.5. The SMILES string of the molecule is C[C@H](NC(=O)C1CCN(Cc2ccccc2F)CC1)c1ccc(F)cc1. The minimum absolute atomic E-state index is 0.0326. The number of piperidine rings is 1. The summed E-state index contributed by atoms with van der Waals surface area (Å²) in [6.07, 6.45) is 1.52. The Morgan fingerprint density at radius 1 is 1.12 bits per heavy atom. The third-order valence-corrected chi connectivity index (χ3v) is 5.04. The molecule has 0 radical (unpaired) electrons. The minimum Gasteiger partial charge on any atom is -0.349 e. The summed E-state index contributed by atoms with van der Waals surface area (Å²) in [5.41, 5.74) is 1.58. The predicted molar refractivity (Wildman–Crippen MR) is 97.4 cm³/mol. The summed E-state index contributed by atoms with van der Waals surface area (Å²) in [4.78, 5) is 14.7.